The fourth-order valence-electron chi connectivity index (χ4n) is 2.25. The first-order valence-electron chi connectivity index (χ1n) is 6.77. The molecule has 1 saturated heterocycles. The van der Waals surface area contributed by atoms with Crippen molar-refractivity contribution in [2.45, 2.75) is 32.0 Å². The molecule has 0 saturated carbocycles. The highest BCUT2D eigenvalue weighted by Crippen LogP contribution is 2.27. The van der Waals surface area contributed by atoms with Crippen molar-refractivity contribution in [3.05, 3.63) is 30.3 Å². The van der Waals surface area contributed by atoms with Crippen LogP contribution in [0.2, 0.25) is 0 Å². The van der Waals surface area contributed by atoms with Crippen LogP contribution in [-0.2, 0) is 10.0 Å². The van der Waals surface area contributed by atoms with Crippen molar-refractivity contribution < 1.29 is 18.3 Å². The number of nitrogens with zero attached hydrogens (tertiary/aromatic N) is 1. The van der Waals surface area contributed by atoms with Gasteiger partial charge in [0, 0.05) is 6.54 Å². The summed E-state index contributed by atoms with van der Waals surface area (Å²) in [6.07, 6.45) is -0.205. The molecule has 0 radical (unpaired) electrons. The highest BCUT2D eigenvalue weighted by Gasteiger charge is 2.42. The number of piperidine rings is 1. The third kappa shape index (κ3) is 3.31. The fourth-order valence-corrected chi connectivity index (χ4v) is 3.34. The van der Waals surface area contributed by atoms with E-state index in [1.54, 1.807) is 26.0 Å². The summed E-state index contributed by atoms with van der Waals surface area (Å²) < 4.78 is 31.1. The first kappa shape index (κ1) is 15.3. The molecule has 1 aliphatic heterocycles. The molecule has 1 N–H and O–H groups in total. The molecule has 6 heteroatoms. The predicted octanol–water partition coefficient (Wildman–Crippen LogP) is 1.24. The summed E-state index contributed by atoms with van der Waals surface area (Å²) in [5.41, 5.74) is -1.03. The molecule has 2 atom stereocenters. The van der Waals surface area contributed by atoms with E-state index in [1.165, 1.54) is 4.31 Å². The van der Waals surface area contributed by atoms with Crippen molar-refractivity contribution in [2.75, 3.05) is 18.8 Å². The minimum Gasteiger partial charge on any atom is -0.486 e. The maximum atomic E-state index is 12.0. The predicted molar refractivity (Wildman–Crippen MR) is 77.1 cm³/mol. The SMILES string of the molecule is CCS(=O)(=O)N1CC[C@@](C)(O)[C@H](Oc2ccccc2)C1. The zero-order valence-corrected chi connectivity index (χ0v) is 12.6. The highest BCUT2D eigenvalue weighted by molar-refractivity contribution is 7.89. The van der Waals surface area contributed by atoms with Crippen molar-refractivity contribution in [3.63, 3.8) is 0 Å². The van der Waals surface area contributed by atoms with E-state index in [4.69, 9.17) is 4.74 Å². The summed E-state index contributed by atoms with van der Waals surface area (Å²) in [6.45, 7) is 3.82. The molecule has 1 fully saturated rings. The number of hydrogen-bond donors (Lipinski definition) is 1. The van der Waals surface area contributed by atoms with E-state index in [9.17, 15) is 13.5 Å². The lowest BCUT2D eigenvalue weighted by molar-refractivity contribution is -0.0808. The number of para-hydroxylation sites is 1. The Morgan fingerprint density at radius 2 is 2.05 bits per heavy atom. The summed E-state index contributed by atoms with van der Waals surface area (Å²) >= 11 is 0. The molecule has 112 valence electrons. The first-order valence-corrected chi connectivity index (χ1v) is 8.38. The molecule has 0 aliphatic carbocycles. The van der Waals surface area contributed by atoms with Crippen LogP contribution in [0.4, 0.5) is 0 Å². The second-order valence-corrected chi connectivity index (χ2v) is 7.54. The van der Waals surface area contributed by atoms with Gasteiger partial charge in [-0.15, -0.1) is 0 Å². The Labute approximate surface area is 120 Å². The molecule has 1 aromatic carbocycles. The van der Waals surface area contributed by atoms with E-state index >= 15 is 0 Å². The number of hydrogen-bond acceptors (Lipinski definition) is 4. The Hall–Kier alpha value is -1.11. The van der Waals surface area contributed by atoms with Crippen molar-refractivity contribution in [1.82, 2.24) is 4.31 Å². The maximum absolute atomic E-state index is 12.0. The summed E-state index contributed by atoms with van der Waals surface area (Å²) in [5.74, 6) is 0.696. The average Bonchev–Trinajstić information content (AvgIpc) is 2.42. The standard InChI is InChI=1S/C14H21NO4S/c1-3-20(17,18)15-10-9-14(2,16)13(11-15)19-12-7-5-4-6-8-12/h4-8,13,16H,3,9-11H2,1-2H3/t13-,14-/m1/s1. The zero-order valence-electron chi connectivity index (χ0n) is 11.8. The van der Waals surface area contributed by atoms with E-state index in [1.807, 2.05) is 18.2 Å². The van der Waals surface area contributed by atoms with Gasteiger partial charge < -0.3 is 9.84 Å². The topological polar surface area (TPSA) is 66.8 Å². The van der Waals surface area contributed by atoms with Gasteiger partial charge in [0.05, 0.1) is 12.3 Å². The van der Waals surface area contributed by atoms with Gasteiger partial charge in [-0.05, 0) is 32.4 Å². The van der Waals surface area contributed by atoms with Gasteiger partial charge in [-0.1, -0.05) is 18.2 Å². The molecule has 1 aliphatic rings. The largest absolute Gasteiger partial charge is 0.486 e. The van der Waals surface area contributed by atoms with Crippen LogP contribution in [0.5, 0.6) is 5.75 Å². The summed E-state index contributed by atoms with van der Waals surface area (Å²) in [5, 5.41) is 10.4. The molecule has 0 spiro atoms. The molecule has 0 bridgehead atoms. The molecule has 1 aromatic rings. The van der Waals surface area contributed by atoms with Crippen LogP contribution in [0.15, 0.2) is 30.3 Å². The lowest BCUT2D eigenvalue weighted by Crippen LogP contribution is -2.57. The van der Waals surface area contributed by atoms with Crippen molar-refractivity contribution >= 4 is 10.0 Å². The second kappa shape index (κ2) is 5.71. The number of benzene rings is 1. The van der Waals surface area contributed by atoms with Crippen LogP contribution >= 0.6 is 0 Å². The van der Waals surface area contributed by atoms with Gasteiger partial charge in [0.2, 0.25) is 10.0 Å². The van der Waals surface area contributed by atoms with Gasteiger partial charge in [0.1, 0.15) is 17.5 Å². The smallest absolute Gasteiger partial charge is 0.213 e. The first-order chi connectivity index (χ1) is 9.35. The molecule has 0 amide bonds. The minimum absolute atomic E-state index is 0.0627. The lowest BCUT2D eigenvalue weighted by atomic mass is 9.91. The van der Waals surface area contributed by atoms with E-state index in [-0.39, 0.29) is 12.3 Å². The number of rotatable bonds is 4. The van der Waals surface area contributed by atoms with Gasteiger partial charge in [-0.25, -0.2) is 8.42 Å². The zero-order chi connectivity index (χ0) is 14.8. The molecular weight excluding hydrogens is 278 g/mol. The number of aliphatic hydroxyl groups is 1. The summed E-state index contributed by atoms with van der Waals surface area (Å²) in [6, 6.07) is 9.15. The second-order valence-electron chi connectivity index (χ2n) is 5.29. The van der Waals surface area contributed by atoms with Gasteiger partial charge in [-0.3, -0.25) is 0 Å². The Balaban J connectivity index is 2.16. The Kier molecular flexibility index (Phi) is 4.36. The van der Waals surface area contributed by atoms with Crippen LogP contribution in [0.25, 0.3) is 0 Å². The van der Waals surface area contributed by atoms with Gasteiger partial charge in [-0.2, -0.15) is 4.31 Å². The van der Waals surface area contributed by atoms with Gasteiger partial charge in [0.25, 0.3) is 0 Å². The van der Waals surface area contributed by atoms with Crippen molar-refractivity contribution in [3.8, 4) is 5.75 Å². The third-order valence-electron chi connectivity index (χ3n) is 3.71. The molecule has 20 heavy (non-hydrogen) atoms. The van der Waals surface area contributed by atoms with Gasteiger partial charge >= 0.3 is 0 Å². The van der Waals surface area contributed by atoms with Crippen molar-refractivity contribution in [2.24, 2.45) is 0 Å². The Bertz CT molecular complexity index is 542. The maximum Gasteiger partial charge on any atom is 0.213 e. The highest BCUT2D eigenvalue weighted by atomic mass is 32.2. The van der Waals surface area contributed by atoms with Crippen LogP contribution in [0.3, 0.4) is 0 Å². The van der Waals surface area contributed by atoms with Crippen LogP contribution < -0.4 is 4.74 Å². The van der Waals surface area contributed by atoms with Crippen LogP contribution in [0.1, 0.15) is 20.3 Å². The number of ether oxygens (including phenoxy) is 1. The normalized spacial score (nSPS) is 28.2. The third-order valence-corrected chi connectivity index (χ3v) is 5.56. The Morgan fingerprint density at radius 1 is 1.40 bits per heavy atom. The number of sulfonamides is 1. The van der Waals surface area contributed by atoms with E-state index in [0.29, 0.717) is 18.7 Å². The molecule has 0 unspecified atom stereocenters. The lowest BCUT2D eigenvalue weighted by Gasteiger charge is -2.41. The van der Waals surface area contributed by atoms with Crippen molar-refractivity contribution in [1.29, 1.82) is 0 Å². The average molecular weight is 299 g/mol. The van der Waals surface area contributed by atoms with E-state index < -0.39 is 21.7 Å². The molecule has 2 rings (SSSR count). The fraction of sp³-hybridized carbons (Fsp3) is 0.571. The minimum atomic E-state index is -3.25. The monoisotopic (exact) mass is 299 g/mol. The molecular formula is C14H21NO4S. The Morgan fingerprint density at radius 3 is 2.65 bits per heavy atom. The van der Waals surface area contributed by atoms with Crippen LogP contribution in [-0.4, -0.2) is 48.4 Å². The summed E-state index contributed by atoms with van der Waals surface area (Å²) in [4.78, 5) is 0. The molecule has 1 heterocycles. The molecule has 5 nitrogen and oxygen atoms in total. The molecule has 0 aromatic heterocycles. The summed E-state index contributed by atoms with van der Waals surface area (Å²) in [7, 11) is -3.25. The van der Waals surface area contributed by atoms with Crippen LogP contribution in [0, 0.1) is 0 Å². The van der Waals surface area contributed by atoms with E-state index in [0.717, 1.165) is 0 Å². The van der Waals surface area contributed by atoms with Gasteiger partial charge in [0.15, 0.2) is 0 Å². The quantitative estimate of drug-likeness (QED) is 0.908. The van der Waals surface area contributed by atoms with E-state index in [2.05, 4.69) is 0 Å².